The second-order valence-electron chi connectivity index (χ2n) is 5.15. The predicted molar refractivity (Wildman–Crippen MR) is 68.7 cm³/mol. The molecule has 1 aromatic rings. The minimum absolute atomic E-state index is 0.0135. The molecular formula is C10H18N4O4S. The first kappa shape index (κ1) is 15.6. The molecule has 1 heterocycles. The van der Waals surface area contributed by atoms with Gasteiger partial charge in [-0.2, -0.15) is 17.9 Å². The monoisotopic (exact) mass is 290 g/mol. The average molecular weight is 290 g/mol. The molecule has 0 fully saturated rings. The zero-order chi connectivity index (χ0) is 14.7. The summed E-state index contributed by atoms with van der Waals surface area (Å²) in [7, 11) is -3.90. The van der Waals surface area contributed by atoms with E-state index in [0.29, 0.717) is 5.69 Å². The minimum atomic E-state index is -3.90. The molecule has 0 aliphatic rings. The number of imidazole rings is 1. The lowest BCUT2D eigenvalue weighted by Gasteiger charge is -2.22. The standard InChI is InChI=1S/C10H18N4O4S/c1-10(2,3)14-19(17,18)13-8(9(15)16)4-7-5-11-6-12-7/h5-6,8,13-14H,4H2,1-3H3,(H,11,12)(H,15,16). The number of aliphatic carboxylic acids is 1. The van der Waals surface area contributed by atoms with Gasteiger partial charge in [-0.15, -0.1) is 0 Å². The van der Waals surface area contributed by atoms with Crippen LogP contribution in [0.1, 0.15) is 26.5 Å². The molecule has 0 bridgehead atoms. The summed E-state index contributed by atoms with van der Waals surface area (Å²) in [6, 6.07) is -1.26. The van der Waals surface area contributed by atoms with Crippen LogP contribution in [-0.4, -0.2) is 41.0 Å². The highest BCUT2D eigenvalue weighted by atomic mass is 32.2. The van der Waals surface area contributed by atoms with E-state index >= 15 is 0 Å². The summed E-state index contributed by atoms with van der Waals surface area (Å²) < 4.78 is 28.0. The van der Waals surface area contributed by atoms with Crippen LogP contribution in [0.25, 0.3) is 0 Å². The Hall–Kier alpha value is -1.45. The summed E-state index contributed by atoms with van der Waals surface area (Å²) in [6.07, 6.45) is 2.83. The number of carbonyl (C=O) groups is 1. The number of rotatable bonds is 6. The molecule has 1 rings (SSSR count). The van der Waals surface area contributed by atoms with Gasteiger partial charge in [0.25, 0.3) is 10.2 Å². The SMILES string of the molecule is CC(C)(C)NS(=O)(=O)NC(Cc1cnc[nH]1)C(=O)O. The molecular weight excluding hydrogens is 272 g/mol. The van der Waals surface area contributed by atoms with Gasteiger partial charge in [0.05, 0.1) is 6.33 Å². The number of hydrogen-bond donors (Lipinski definition) is 4. The molecule has 1 unspecified atom stereocenters. The molecule has 4 N–H and O–H groups in total. The van der Waals surface area contributed by atoms with E-state index in [2.05, 4.69) is 19.4 Å². The number of aromatic amines is 1. The van der Waals surface area contributed by atoms with Crippen LogP contribution in [0, 0.1) is 0 Å². The van der Waals surface area contributed by atoms with Crippen LogP contribution < -0.4 is 9.44 Å². The third-order valence-electron chi connectivity index (χ3n) is 2.01. The number of nitrogens with one attached hydrogen (secondary N) is 3. The van der Waals surface area contributed by atoms with Crippen molar-refractivity contribution in [1.29, 1.82) is 0 Å². The van der Waals surface area contributed by atoms with Gasteiger partial charge in [-0.05, 0) is 20.8 Å². The van der Waals surface area contributed by atoms with Gasteiger partial charge in [-0.3, -0.25) is 4.79 Å². The molecule has 0 saturated carbocycles. The Bertz CT molecular complexity index is 518. The van der Waals surface area contributed by atoms with Crippen molar-refractivity contribution in [2.24, 2.45) is 0 Å². The van der Waals surface area contributed by atoms with Gasteiger partial charge >= 0.3 is 5.97 Å². The van der Waals surface area contributed by atoms with E-state index < -0.39 is 27.8 Å². The Morgan fingerprint density at radius 2 is 2.16 bits per heavy atom. The van der Waals surface area contributed by atoms with Gasteiger partial charge < -0.3 is 10.1 Å². The number of carboxylic acid groups (broad SMARTS) is 1. The van der Waals surface area contributed by atoms with Crippen LogP contribution in [0.5, 0.6) is 0 Å². The lowest BCUT2D eigenvalue weighted by atomic mass is 10.1. The van der Waals surface area contributed by atoms with E-state index in [1.54, 1.807) is 20.8 Å². The first-order valence-corrected chi connectivity index (χ1v) is 7.09. The molecule has 8 nitrogen and oxygen atoms in total. The number of carboxylic acids is 1. The van der Waals surface area contributed by atoms with E-state index in [1.165, 1.54) is 12.5 Å². The maximum absolute atomic E-state index is 11.8. The Kier molecular flexibility index (Phi) is 4.66. The lowest BCUT2D eigenvalue weighted by Crippen LogP contribution is -2.52. The molecule has 0 saturated heterocycles. The maximum Gasteiger partial charge on any atom is 0.322 e. The van der Waals surface area contributed by atoms with Crippen LogP contribution in [0.15, 0.2) is 12.5 Å². The second kappa shape index (κ2) is 5.68. The number of hydrogen-bond acceptors (Lipinski definition) is 4. The summed E-state index contributed by atoms with van der Waals surface area (Å²) in [5.74, 6) is -1.26. The van der Waals surface area contributed by atoms with Crippen molar-refractivity contribution in [3.8, 4) is 0 Å². The molecule has 0 aromatic carbocycles. The third kappa shape index (κ3) is 5.81. The van der Waals surface area contributed by atoms with Gasteiger partial charge in [0.2, 0.25) is 0 Å². The van der Waals surface area contributed by atoms with Crippen molar-refractivity contribution < 1.29 is 18.3 Å². The van der Waals surface area contributed by atoms with Gasteiger partial charge in [0.15, 0.2) is 0 Å². The van der Waals surface area contributed by atoms with E-state index in [1.807, 2.05) is 0 Å². The van der Waals surface area contributed by atoms with Crippen LogP contribution in [0.3, 0.4) is 0 Å². The molecule has 0 aliphatic carbocycles. The Balaban J connectivity index is 2.76. The largest absolute Gasteiger partial charge is 0.480 e. The molecule has 0 radical (unpaired) electrons. The molecule has 0 aliphatic heterocycles. The molecule has 0 spiro atoms. The van der Waals surface area contributed by atoms with Gasteiger partial charge in [0.1, 0.15) is 6.04 Å². The lowest BCUT2D eigenvalue weighted by molar-refractivity contribution is -0.138. The van der Waals surface area contributed by atoms with E-state index in [0.717, 1.165) is 0 Å². The zero-order valence-electron chi connectivity index (χ0n) is 11.0. The van der Waals surface area contributed by atoms with Gasteiger partial charge in [-0.1, -0.05) is 0 Å². The van der Waals surface area contributed by atoms with Crippen LogP contribution in [0.4, 0.5) is 0 Å². The van der Waals surface area contributed by atoms with Crippen molar-refractivity contribution in [2.75, 3.05) is 0 Å². The summed E-state index contributed by atoms with van der Waals surface area (Å²) >= 11 is 0. The molecule has 1 aromatic heterocycles. The Morgan fingerprint density at radius 3 is 2.58 bits per heavy atom. The fourth-order valence-corrected chi connectivity index (χ4v) is 2.84. The van der Waals surface area contributed by atoms with Gasteiger partial charge in [0, 0.05) is 23.9 Å². The normalized spacial score (nSPS) is 14.3. The fraction of sp³-hybridized carbons (Fsp3) is 0.600. The minimum Gasteiger partial charge on any atom is -0.480 e. The number of H-pyrrole nitrogens is 1. The smallest absolute Gasteiger partial charge is 0.322 e. The van der Waals surface area contributed by atoms with E-state index in [4.69, 9.17) is 5.11 Å². The maximum atomic E-state index is 11.8. The van der Waals surface area contributed by atoms with Crippen molar-refractivity contribution >= 4 is 16.2 Å². The van der Waals surface area contributed by atoms with Gasteiger partial charge in [-0.25, -0.2) is 4.98 Å². The van der Waals surface area contributed by atoms with Crippen LogP contribution in [-0.2, 0) is 21.4 Å². The molecule has 108 valence electrons. The second-order valence-corrected chi connectivity index (χ2v) is 6.59. The molecule has 9 heteroatoms. The summed E-state index contributed by atoms with van der Waals surface area (Å²) in [5.41, 5.74) is -0.158. The van der Waals surface area contributed by atoms with Crippen molar-refractivity contribution in [2.45, 2.75) is 38.8 Å². The van der Waals surface area contributed by atoms with Crippen LogP contribution in [0.2, 0.25) is 0 Å². The molecule has 0 amide bonds. The summed E-state index contributed by atoms with van der Waals surface area (Å²) in [4.78, 5) is 17.6. The highest BCUT2D eigenvalue weighted by molar-refractivity contribution is 7.87. The Labute approximate surface area is 111 Å². The van der Waals surface area contributed by atoms with Crippen LogP contribution >= 0.6 is 0 Å². The predicted octanol–water partition coefficient (Wildman–Crippen LogP) is -0.372. The first-order valence-electron chi connectivity index (χ1n) is 5.60. The average Bonchev–Trinajstić information content (AvgIpc) is 2.64. The molecule has 1 atom stereocenters. The highest BCUT2D eigenvalue weighted by Crippen LogP contribution is 2.04. The Morgan fingerprint density at radius 1 is 1.53 bits per heavy atom. The zero-order valence-corrected chi connectivity index (χ0v) is 11.8. The summed E-state index contributed by atoms with van der Waals surface area (Å²) in [5, 5.41) is 9.04. The number of nitrogens with zero attached hydrogens (tertiary/aromatic N) is 1. The fourth-order valence-electron chi connectivity index (χ4n) is 1.42. The number of aromatic nitrogens is 2. The van der Waals surface area contributed by atoms with Crippen molar-refractivity contribution in [3.05, 3.63) is 18.2 Å². The summed E-state index contributed by atoms with van der Waals surface area (Å²) in [6.45, 7) is 4.99. The van der Waals surface area contributed by atoms with Crippen molar-refractivity contribution in [1.82, 2.24) is 19.4 Å². The topological polar surface area (TPSA) is 124 Å². The van der Waals surface area contributed by atoms with E-state index in [9.17, 15) is 13.2 Å². The third-order valence-corrected chi connectivity index (χ3v) is 3.49. The highest BCUT2D eigenvalue weighted by Gasteiger charge is 2.27. The van der Waals surface area contributed by atoms with E-state index in [-0.39, 0.29) is 6.42 Å². The van der Waals surface area contributed by atoms with Crippen molar-refractivity contribution in [3.63, 3.8) is 0 Å². The molecule has 19 heavy (non-hydrogen) atoms. The first-order chi connectivity index (χ1) is 8.59. The quantitative estimate of drug-likeness (QED) is 0.569.